The zero-order chi connectivity index (χ0) is 17.5. The van der Waals surface area contributed by atoms with Crippen LogP contribution < -0.4 is 5.32 Å². The zero-order valence-corrected chi connectivity index (χ0v) is 13.6. The smallest absolute Gasteiger partial charge is 0.251 e. The molecule has 0 spiro atoms. The number of pyridine rings is 2. The van der Waals surface area contributed by atoms with Crippen molar-refractivity contribution < 1.29 is 9.18 Å². The number of aromatic nitrogens is 2. The summed E-state index contributed by atoms with van der Waals surface area (Å²) in [6, 6.07) is 13.6. The Morgan fingerprint density at radius 3 is 2.44 bits per heavy atom. The summed E-state index contributed by atoms with van der Waals surface area (Å²) < 4.78 is 13.2. The molecule has 1 N–H and O–H groups in total. The maximum absolute atomic E-state index is 13.2. The summed E-state index contributed by atoms with van der Waals surface area (Å²) in [4.78, 5) is 20.3. The summed E-state index contributed by atoms with van der Waals surface area (Å²) in [5.41, 5.74) is 2.60. The van der Waals surface area contributed by atoms with Crippen LogP contribution in [0.1, 0.15) is 27.4 Å². The van der Waals surface area contributed by atoms with E-state index in [1.165, 1.54) is 12.1 Å². The van der Waals surface area contributed by atoms with Gasteiger partial charge < -0.3 is 5.32 Å². The molecule has 2 aromatic heterocycles. The maximum Gasteiger partial charge on any atom is 0.251 e. The third kappa shape index (κ3) is 4.70. The van der Waals surface area contributed by atoms with Crippen molar-refractivity contribution in [2.75, 3.05) is 6.54 Å². The van der Waals surface area contributed by atoms with Gasteiger partial charge in [-0.15, -0.1) is 0 Å². The Morgan fingerprint density at radius 2 is 1.76 bits per heavy atom. The lowest BCUT2D eigenvalue weighted by Crippen LogP contribution is -2.29. The van der Waals surface area contributed by atoms with Gasteiger partial charge in [0.1, 0.15) is 5.82 Å². The molecule has 4 nitrogen and oxygen atoms in total. The topological polar surface area (TPSA) is 54.9 Å². The first-order chi connectivity index (χ1) is 12.2. The molecule has 0 fully saturated rings. The predicted octanol–water partition coefficient (Wildman–Crippen LogP) is 3.37. The van der Waals surface area contributed by atoms with Crippen molar-refractivity contribution >= 4 is 5.91 Å². The fourth-order valence-electron chi connectivity index (χ4n) is 2.67. The third-order valence-corrected chi connectivity index (χ3v) is 4.00. The van der Waals surface area contributed by atoms with E-state index in [2.05, 4.69) is 15.3 Å². The minimum atomic E-state index is -0.273. The Morgan fingerprint density at radius 1 is 1.00 bits per heavy atom. The fourth-order valence-corrected chi connectivity index (χ4v) is 2.67. The zero-order valence-electron chi connectivity index (χ0n) is 13.6. The number of nitrogens with one attached hydrogen (secondary N) is 1. The van der Waals surface area contributed by atoms with Gasteiger partial charge in [0.15, 0.2) is 0 Å². The number of benzene rings is 1. The number of halogens is 1. The van der Waals surface area contributed by atoms with Gasteiger partial charge in [-0.2, -0.15) is 0 Å². The molecule has 1 atom stereocenters. The number of carbonyl (C=O) groups excluding carboxylic acids is 1. The summed E-state index contributed by atoms with van der Waals surface area (Å²) in [5.74, 6) is -0.402. The second-order valence-corrected chi connectivity index (χ2v) is 5.76. The largest absolute Gasteiger partial charge is 0.351 e. The molecule has 0 radical (unpaired) electrons. The molecule has 0 bridgehead atoms. The average Bonchev–Trinajstić information content (AvgIpc) is 2.67. The third-order valence-electron chi connectivity index (χ3n) is 4.00. The Labute approximate surface area is 145 Å². The van der Waals surface area contributed by atoms with Crippen molar-refractivity contribution in [1.82, 2.24) is 15.3 Å². The number of carbonyl (C=O) groups is 1. The van der Waals surface area contributed by atoms with E-state index in [1.54, 1.807) is 49.1 Å². The lowest BCUT2D eigenvalue weighted by atomic mass is 9.92. The molecule has 3 rings (SSSR count). The van der Waals surface area contributed by atoms with Crippen LogP contribution in [0.2, 0.25) is 0 Å². The van der Waals surface area contributed by atoms with Crippen molar-refractivity contribution in [3.8, 4) is 0 Å². The average molecular weight is 335 g/mol. The summed E-state index contributed by atoms with van der Waals surface area (Å²) in [6.45, 7) is 0.446. The van der Waals surface area contributed by atoms with E-state index in [1.807, 2.05) is 12.1 Å². The number of amides is 1. The van der Waals surface area contributed by atoms with Gasteiger partial charge in [0.05, 0.1) is 0 Å². The normalized spacial score (nSPS) is 11.7. The SMILES string of the molecule is O=C(NCC(Cc1cccnc1)c1ccc(F)cc1)c1ccncc1. The van der Waals surface area contributed by atoms with E-state index < -0.39 is 0 Å². The molecule has 126 valence electrons. The van der Waals surface area contributed by atoms with Gasteiger partial charge in [-0.05, 0) is 47.9 Å². The molecule has 0 aliphatic heterocycles. The first kappa shape index (κ1) is 16.8. The van der Waals surface area contributed by atoms with Gasteiger partial charge in [0.25, 0.3) is 5.91 Å². The Hall–Kier alpha value is -3.08. The van der Waals surface area contributed by atoms with Crippen LogP contribution in [0, 0.1) is 5.82 Å². The van der Waals surface area contributed by atoms with Crippen molar-refractivity contribution in [2.24, 2.45) is 0 Å². The second-order valence-electron chi connectivity index (χ2n) is 5.76. The Bertz CT molecular complexity index is 807. The van der Waals surface area contributed by atoms with Crippen LogP contribution in [0.3, 0.4) is 0 Å². The number of hydrogen-bond acceptors (Lipinski definition) is 3. The van der Waals surface area contributed by atoms with Crippen LogP contribution in [0.25, 0.3) is 0 Å². The van der Waals surface area contributed by atoms with Gasteiger partial charge in [-0.1, -0.05) is 18.2 Å². The highest BCUT2D eigenvalue weighted by Gasteiger charge is 2.15. The van der Waals surface area contributed by atoms with Crippen molar-refractivity contribution in [2.45, 2.75) is 12.3 Å². The molecular weight excluding hydrogens is 317 g/mol. The van der Waals surface area contributed by atoms with Gasteiger partial charge in [0.2, 0.25) is 0 Å². The van der Waals surface area contributed by atoms with Crippen molar-refractivity contribution in [1.29, 1.82) is 0 Å². The standard InChI is InChI=1S/C20H18FN3O/c21-19-5-3-16(4-6-19)18(12-15-2-1-9-23-13-15)14-24-20(25)17-7-10-22-11-8-17/h1-11,13,18H,12,14H2,(H,24,25). The summed E-state index contributed by atoms with van der Waals surface area (Å²) in [6.07, 6.45) is 7.41. The molecule has 0 aliphatic rings. The van der Waals surface area contributed by atoms with E-state index in [9.17, 15) is 9.18 Å². The van der Waals surface area contributed by atoms with Crippen LogP contribution in [-0.4, -0.2) is 22.4 Å². The molecule has 25 heavy (non-hydrogen) atoms. The highest BCUT2D eigenvalue weighted by Crippen LogP contribution is 2.20. The lowest BCUT2D eigenvalue weighted by molar-refractivity contribution is 0.0951. The fraction of sp³-hybridized carbons (Fsp3) is 0.150. The van der Waals surface area contributed by atoms with E-state index >= 15 is 0 Å². The van der Waals surface area contributed by atoms with Crippen LogP contribution in [-0.2, 0) is 6.42 Å². The monoisotopic (exact) mass is 335 g/mol. The van der Waals surface area contributed by atoms with Crippen molar-refractivity contribution in [3.05, 3.63) is 95.8 Å². The lowest BCUT2D eigenvalue weighted by Gasteiger charge is -2.18. The molecular formula is C20H18FN3O. The molecule has 0 aliphatic carbocycles. The van der Waals surface area contributed by atoms with Gasteiger partial charge in [-0.25, -0.2) is 4.39 Å². The highest BCUT2D eigenvalue weighted by molar-refractivity contribution is 5.93. The first-order valence-corrected chi connectivity index (χ1v) is 8.05. The van der Waals surface area contributed by atoms with Crippen LogP contribution >= 0.6 is 0 Å². The summed E-state index contributed by atoms with van der Waals surface area (Å²) in [5, 5.41) is 2.95. The van der Waals surface area contributed by atoms with Crippen LogP contribution in [0.15, 0.2) is 73.3 Å². The molecule has 1 aromatic carbocycles. The van der Waals surface area contributed by atoms with Crippen LogP contribution in [0.4, 0.5) is 4.39 Å². The molecule has 3 aromatic rings. The Balaban J connectivity index is 1.74. The maximum atomic E-state index is 13.2. The summed E-state index contributed by atoms with van der Waals surface area (Å²) >= 11 is 0. The minimum Gasteiger partial charge on any atom is -0.351 e. The van der Waals surface area contributed by atoms with E-state index in [0.717, 1.165) is 11.1 Å². The number of rotatable bonds is 6. The quantitative estimate of drug-likeness (QED) is 0.751. The van der Waals surface area contributed by atoms with E-state index in [-0.39, 0.29) is 17.6 Å². The number of hydrogen-bond donors (Lipinski definition) is 1. The van der Waals surface area contributed by atoms with Crippen molar-refractivity contribution in [3.63, 3.8) is 0 Å². The molecule has 5 heteroatoms. The Kier molecular flexibility index (Phi) is 5.46. The second kappa shape index (κ2) is 8.15. The van der Waals surface area contributed by atoms with E-state index in [0.29, 0.717) is 18.5 Å². The minimum absolute atomic E-state index is 0.0237. The first-order valence-electron chi connectivity index (χ1n) is 8.05. The van der Waals surface area contributed by atoms with Gasteiger partial charge in [0, 0.05) is 42.8 Å². The number of nitrogens with zero attached hydrogens (tertiary/aromatic N) is 2. The van der Waals surface area contributed by atoms with Gasteiger partial charge in [-0.3, -0.25) is 14.8 Å². The van der Waals surface area contributed by atoms with Crippen LogP contribution in [0.5, 0.6) is 0 Å². The highest BCUT2D eigenvalue weighted by atomic mass is 19.1. The molecule has 0 saturated carbocycles. The molecule has 2 heterocycles. The summed E-state index contributed by atoms with van der Waals surface area (Å²) in [7, 11) is 0. The van der Waals surface area contributed by atoms with E-state index in [4.69, 9.17) is 0 Å². The molecule has 0 saturated heterocycles. The molecule has 1 amide bonds. The van der Waals surface area contributed by atoms with Gasteiger partial charge >= 0.3 is 0 Å². The molecule has 1 unspecified atom stereocenters. The predicted molar refractivity (Wildman–Crippen MR) is 93.7 cm³/mol.